The molecule has 4 aliphatic rings. The van der Waals surface area contributed by atoms with E-state index in [-0.39, 0.29) is 22.9 Å². The third kappa shape index (κ3) is 4.36. The van der Waals surface area contributed by atoms with E-state index in [1.165, 1.54) is 18.2 Å². The molecule has 3 fully saturated rings. The van der Waals surface area contributed by atoms with Crippen molar-refractivity contribution < 1.29 is 23.5 Å². The topological polar surface area (TPSA) is 87.7 Å². The molecule has 200 valence electrons. The summed E-state index contributed by atoms with van der Waals surface area (Å²) in [5.41, 5.74) is -0.855. The van der Waals surface area contributed by atoms with E-state index in [1.807, 2.05) is 13.0 Å². The summed E-state index contributed by atoms with van der Waals surface area (Å²) in [4.78, 5) is 42.8. The number of benzene rings is 1. The number of unbranched alkanes of at least 4 members (excludes halogenated alkanes) is 1. The molecule has 2 N–H and O–H groups in total. The lowest BCUT2D eigenvalue weighted by Crippen LogP contribution is -2.58. The molecular formula is C28H35ClFN3O4. The van der Waals surface area contributed by atoms with Gasteiger partial charge in [-0.1, -0.05) is 63.8 Å². The summed E-state index contributed by atoms with van der Waals surface area (Å²) in [5, 5.41) is 5.92. The number of carbonyl (C=O) groups is 3. The number of fused-ring (bicyclic) bond motifs is 1. The average Bonchev–Trinajstić information content (AvgIpc) is 3.50. The number of anilines is 1. The van der Waals surface area contributed by atoms with Crippen LogP contribution >= 0.6 is 11.6 Å². The van der Waals surface area contributed by atoms with Gasteiger partial charge in [-0.3, -0.25) is 14.4 Å². The maximum Gasteiger partial charge on any atom is 0.246 e. The molecule has 2 saturated heterocycles. The first-order valence-electron chi connectivity index (χ1n) is 13.4. The summed E-state index contributed by atoms with van der Waals surface area (Å²) in [6.45, 7) is 6.84. The Hall–Kier alpha value is -2.45. The quantitative estimate of drug-likeness (QED) is 0.513. The minimum Gasteiger partial charge on any atom is -0.359 e. The molecule has 3 heterocycles. The number of nitrogens with one attached hydrogen (secondary N) is 2. The van der Waals surface area contributed by atoms with Crippen LogP contribution in [0, 0.1) is 29.5 Å². The fourth-order valence-electron chi connectivity index (χ4n) is 6.68. The first-order valence-corrected chi connectivity index (χ1v) is 13.8. The molecule has 8 atom stereocenters. The van der Waals surface area contributed by atoms with Crippen LogP contribution in [0.1, 0.15) is 52.9 Å². The van der Waals surface area contributed by atoms with Gasteiger partial charge in [0.05, 0.1) is 23.0 Å². The van der Waals surface area contributed by atoms with E-state index in [2.05, 4.69) is 24.5 Å². The van der Waals surface area contributed by atoms with E-state index in [4.69, 9.17) is 16.3 Å². The fraction of sp³-hybridized carbons (Fsp3) is 0.607. The van der Waals surface area contributed by atoms with Crippen LogP contribution < -0.4 is 10.6 Å². The van der Waals surface area contributed by atoms with Crippen molar-refractivity contribution in [2.24, 2.45) is 23.7 Å². The summed E-state index contributed by atoms with van der Waals surface area (Å²) in [6, 6.07) is 3.14. The Morgan fingerprint density at radius 2 is 2.03 bits per heavy atom. The van der Waals surface area contributed by atoms with Gasteiger partial charge in [0.2, 0.25) is 17.7 Å². The Morgan fingerprint density at radius 3 is 2.76 bits per heavy atom. The normalized spacial score (nSPS) is 36.1. The molecule has 1 aliphatic carbocycles. The first-order chi connectivity index (χ1) is 17.7. The third-order valence-electron chi connectivity index (χ3n) is 8.90. The van der Waals surface area contributed by atoms with Crippen molar-refractivity contribution >= 4 is 35.0 Å². The van der Waals surface area contributed by atoms with Gasteiger partial charge >= 0.3 is 0 Å². The SMILES string of the molecule is CCCCN1C(=O)[C@H]2[C@H](C(=O)Nc3ccc(F)c(Cl)c3)[C@H]3C=C[C@@]2(O3)[C@@H]1C(=O)N[C@@H]1CCC[C@@H](C)[C@@H]1C. The summed E-state index contributed by atoms with van der Waals surface area (Å²) < 4.78 is 20.0. The maximum atomic E-state index is 13.9. The molecule has 3 aliphatic heterocycles. The van der Waals surface area contributed by atoms with Crippen LogP contribution in [0.3, 0.4) is 0 Å². The first kappa shape index (κ1) is 26.2. The second-order valence-electron chi connectivity index (χ2n) is 11.1. The highest BCUT2D eigenvalue weighted by molar-refractivity contribution is 6.31. The molecule has 1 spiro atoms. The second kappa shape index (κ2) is 10.0. The van der Waals surface area contributed by atoms with Crippen molar-refractivity contribution in [1.82, 2.24) is 10.2 Å². The lowest BCUT2D eigenvalue weighted by Gasteiger charge is -2.38. The Morgan fingerprint density at radius 1 is 1.24 bits per heavy atom. The van der Waals surface area contributed by atoms with Gasteiger partial charge in [-0.05, 0) is 42.9 Å². The van der Waals surface area contributed by atoms with Crippen LogP contribution in [0.15, 0.2) is 30.4 Å². The molecule has 1 aromatic rings. The number of halogens is 2. The number of amides is 3. The van der Waals surface area contributed by atoms with Crippen molar-refractivity contribution in [2.45, 2.75) is 76.7 Å². The fourth-order valence-corrected chi connectivity index (χ4v) is 6.86. The van der Waals surface area contributed by atoms with Gasteiger partial charge in [-0.2, -0.15) is 0 Å². The number of nitrogens with zero attached hydrogens (tertiary/aromatic N) is 1. The predicted molar refractivity (Wildman–Crippen MR) is 138 cm³/mol. The number of rotatable bonds is 7. The number of hydrogen-bond donors (Lipinski definition) is 2. The van der Waals surface area contributed by atoms with Crippen LogP contribution in [0.25, 0.3) is 0 Å². The molecule has 3 amide bonds. The third-order valence-corrected chi connectivity index (χ3v) is 9.19. The Kier molecular flexibility index (Phi) is 7.09. The number of hydrogen-bond acceptors (Lipinski definition) is 4. The van der Waals surface area contributed by atoms with Crippen molar-refractivity contribution in [1.29, 1.82) is 0 Å². The van der Waals surface area contributed by atoms with Gasteiger partial charge in [0, 0.05) is 18.3 Å². The van der Waals surface area contributed by atoms with Gasteiger partial charge in [0.15, 0.2) is 0 Å². The molecule has 7 nitrogen and oxygen atoms in total. The van der Waals surface area contributed by atoms with Crippen molar-refractivity contribution in [3.05, 3.63) is 41.2 Å². The van der Waals surface area contributed by atoms with E-state index in [1.54, 1.807) is 11.0 Å². The van der Waals surface area contributed by atoms with Gasteiger partial charge in [0.25, 0.3) is 0 Å². The molecule has 0 aromatic heterocycles. The molecule has 1 aromatic carbocycles. The average molecular weight is 532 g/mol. The van der Waals surface area contributed by atoms with Crippen molar-refractivity contribution in [2.75, 3.05) is 11.9 Å². The smallest absolute Gasteiger partial charge is 0.246 e. The number of carbonyl (C=O) groups excluding carboxylic acids is 3. The van der Waals surface area contributed by atoms with E-state index in [0.29, 0.717) is 24.1 Å². The summed E-state index contributed by atoms with van der Waals surface area (Å²) in [5.74, 6) is -2.22. The zero-order valence-corrected chi connectivity index (χ0v) is 22.3. The van der Waals surface area contributed by atoms with E-state index < -0.39 is 41.3 Å². The predicted octanol–water partition coefficient (Wildman–Crippen LogP) is 4.31. The van der Waals surface area contributed by atoms with Crippen molar-refractivity contribution in [3.63, 3.8) is 0 Å². The Labute approximate surface area is 222 Å². The maximum absolute atomic E-state index is 13.9. The van der Waals surface area contributed by atoms with Crippen LogP contribution in [0.2, 0.25) is 5.02 Å². The molecule has 0 radical (unpaired) electrons. The highest BCUT2D eigenvalue weighted by Gasteiger charge is 2.72. The summed E-state index contributed by atoms with van der Waals surface area (Å²) >= 11 is 5.88. The van der Waals surface area contributed by atoms with E-state index >= 15 is 0 Å². The molecular weight excluding hydrogens is 497 g/mol. The van der Waals surface area contributed by atoms with E-state index in [0.717, 1.165) is 32.1 Å². The second-order valence-corrected chi connectivity index (χ2v) is 11.5. The summed E-state index contributed by atoms with van der Waals surface area (Å²) in [6.07, 6.45) is 7.71. The van der Waals surface area contributed by atoms with Gasteiger partial charge in [-0.15, -0.1) is 0 Å². The van der Waals surface area contributed by atoms with Crippen LogP contribution in [0.4, 0.5) is 10.1 Å². The van der Waals surface area contributed by atoms with Crippen LogP contribution in [-0.2, 0) is 19.1 Å². The highest BCUT2D eigenvalue weighted by atomic mass is 35.5. The lowest BCUT2D eigenvalue weighted by molar-refractivity contribution is -0.141. The summed E-state index contributed by atoms with van der Waals surface area (Å²) in [7, 11) is 0. The van der Waals surface area contributed by atoms with Gasteiger partial charge in [-0.25, -0.2) is 4.39 Å². The van der Waals surface area contributed by atoms with Crippen LogP contribution in [-0.4, -0.2) is 53.0 Å². The minimum atomic E-state index is -1.19. The number of likely N-dealkylation sites (tertiary alicyclic amines) is 1. The molecule has 2 bridgehead atoms. The zero-order valence-electron chi connectivity index (χ0n) is 21.5. The monoisotopic (exact) mass is 531 g/mol. The highest BCUT2D eigenvalue weighted by Crippen LogP contribution is 2.55. The molecule has 1 saturated carbocycles. The molecule has 37 heavy (non-hydrogen) atoms. The molecule has 9 heteroatoms. The standard InChI is InChI=1S/C28H35ClFN3O4/c1-4-5-13-33-24(26(35)32-20-8-6-7-15(2)16(20)3)28-12-11-21(37-28)22(23(28)27(33)36)25(34)31-17-9-10-19(30)18(29)14-17/h9-12,14-16,20-24H,4-8,13H2,1-3H3,(H,31,34)(H,32,35)/t15-,16+,20-,21-,22-,23-,24+,28+/m1/s1. The minimum absolute atomic E-state index is 0.0414. The van der Waals surface area contributed by atoms with Crippen LogP contribution in [0.5, 0.6) is 0 Å². The Balaban J connectivity index is 1.42. The van der Waals surface area contributed by atoms with E-state index in [9.17, 15) is 18.8 Å². The molecule has 0 unspecified atom stereocenters. The van der Waals surface area contributed by atoms with Gasteiger partial charge < -0.3 is 20.3 Å². The zero-order chi connectivity index (χ0) is 26.5. The Bertz CT molecular complexity index is 1130. The molecule has 5 rings (SSSR count). The largest absolute Gasteiger partial charge is 0.359 e. The number of ether oxygens (including phenoxy) is 1. The van der Waals surface area contributed by atoms with Crippen molar-refractivity contribution in [3.8, 4) is 0 Å². The van der Waals surface area contributed by atoms with Gasteiger partial charge in [0.1, 0.15) is 17.5 Å². The lowest BCUT2D eigenvalue weighted by atomic mass is 9.73.